The van der Waals surface area contributed by atoms with Gasteiger partial charge in [-0.15, -0.1) is 0 Å². The molecular weight excluding hydrogens is 306 g/mol. The number of methoxy groups -OCH3 is 1. The van der Waals surface area contributed by atoms with E-state index < -0.39 is 0 Å². The standard InChI is InChI=1S/C14H26BrN3O/c1-6-14(7-2,19-5)12(16)9-11-13(15)10(4)17-18(11)8-3/h12H,6-9,16H2,1-5H3. The number of aryl methyl sites for hydroxylation is 2. The number of aromatic nitrogens is 2. The van der Waals surface area contributed by atoms with E-state index in [9.17, 15) is 0 Å². The lowest BCUT2D eigenvalue weighted by atomic mass is 9.86. The van der Waals surface area contributed by atoms with Crippen LogP contribution in [0, 0.1) is 6.92 Å². The van der Waals surface area contributed by atoms with Crippen LogP contribution in [-0.4, -0.2) is 28.5 Å². The van der Waals surface area contributed by atoms with Crippen LogP contribution in [0.15, 0.2) is 4.47 Å². The van der Waals surface area contributed by atoms with Gasteiger partial charge < -0.3 is 10.5 Å². The molecule has 19 heavy (non-hydrogen) atoms. The van der Waals surface area contributed by atoms with Crippen molar-refractivity contribution in [1.29, 1.82) is 0 Å². The Labute approximate surface area is 124 Å². The molecule has 0 bridgehead atoms. The highest BCUT2D eigenvalue weighted by Crippen LogP contribution is 2.28. The molecule has 0 aliphatic carbocycles. The zero-order valence-corrected chi connectivity index (χ0v) is 14.2. The molecule has 1 aromatic rings. The summed E-state index contributed by atoms with van der Waals surface area (Å²) in [7, 11) is 1.75. The summed E-state index contributed by atoms with van der Waals surface area (Å²) in [5.41, 5.74) is 8.35. The molecule has 0 saturated heterocycles. The first-order valence-electron chi connectivity index (χ1n) is 6.98. The molecule has 0 spiro atoms. The van der Waals surface area contributed by atoms with E-state index >= 15 is 0 Å². The third-order valence-electron chi connectivity index (χ3n) is 4.15. The highest BCUT2D eigenvalue weighted by Gasteiger charge is 2.34. The van der Waals surface area contributed by atoms with Crippen LogP contribution in [0.4, 0.5) is 0 Å². The molecule has 1 unspecified atom stereocenters. The van der Waals surface area contributed by atoms with Crippen molar-refractivity contribution in [2.75, 3.05) is 7.11 Å². The first-order valence-corrected chi connectivity index (χ1v) is 7.77. The highest BCUT2D eigenvalue weighted by atomic mass is 79.9. The van der Waals surface area contributed by atoms with Crippen LogP contribution in [-0.2, 0) is 17.7 Å². The number of rotatable bonds is 7. The Morgan fingerprint density at radius 2 is 1.95 bits per heavy atom. The normalized spacial score (nSPS) is 13.8. The maximum absolute atomic E-state index is 6.43. The minimum absolute atomic E-state index is 0.0369. The molecule has 0 aromatic carbocycles. The van der Waals surface area contributed by atoms with Crippen molar-refractivity contribution in [2.24, 2.45) is 5.73 Å². The van der Waals surface area contributed by atoms with Crippen LogP contribution < -0.4 is 5.73 Å². The van der Waals surface area contributed by atoms with E-state index in [1.54, 1.807) is 7.11 Å². The Bertz CT molecular complexity index is 405. The van der Waals surface area contributed by atoms with Gasteiger partial charge in [-0.25, -0.2) is 0 Å². The topological polar surface area (TPSA) is 53.1 Å². The largest absolute Gasteiger partial charge is 0.377 e. The first-order chi connectivity index (χ1) is 8.95. The predicted molar refractivity (Wildman–Crippen MR) is 82.3 cm³/mol. The van der Waals surface area contributed by atoms with Crippen LogP contribution in [0.5, 0.6) is 0 Å². The van der Waals surface area contributed by atoms with Crippen molar-refractivity contribution < 1.29 is 4.74 Å². The minimum Gasteiger partial charge on any atom is -0.377 e. The van der Waals surface area contributed by atoms with Gasteiger partial charge in [-0.1, -0.05) is 13.8 Å². The van der Waals surface area contributed by atoms with Crippen molar-refractivity contribution in [3.05, 3.63) is 15.9 Å². The predicted octanol–water partition coefficient (Wildman–Crippen LogP) is 3.05. The Balaban J connectivity index is 3.01. The lowest BCUT2D eigenvalue weighted by molar-refractivity contribution is -0.0378. The fourth-order valence-electron chi connectivity index (χ4n) is 2.67. The third-order valence-corrected chi connectivity index (χ3v) is 5.18. The van der Waals surface area contributed by atoms with Crippen molar-refractivity contribution in [1.82, 2.24) is 9.78 Å². The second kappa shape index (κ2) is 6.86. The number of hydrogen-bond acceptors (Lipinski definition) is 3. The smallest absolute Gasteiger partial charge is 0.0827 e. The minimum atomic E-state index is -0.254. The lowest BCUT2D eigenvalue weighted by Crippen LogP contribution is -2.50. The number of nitrogens with two attached hydrogens (primary N) is 1. The van der Waals surface area contributed by atoms with Crippen molar-refractivity contribution in [3.63, 3.8) is 0 Å². The summed E-state index contributed by atoms with van der Waals surface area (Å²) in [6, 6.07) is -0.0369. The molecule has 2 N–H and O–H groups in total. The Morgan fingerprint density at radius 1 is 1.37 bits per heavy atom. The molecule has 0 saturated carbocycles. The molecule has 0 amide bonds. The second-order valence-corrected chi connectivity index (χ2v) is 5.74. The number of hydrogen-bond donors (Lipinski definition) is 1. The maximum Gasteiger partial charge on any atom is 0.0827 e. The summed E-state index contributed by atoms with van der Waals surface area (Å²) < 4.78 is 8.81. The summed E-state index contributed by atoms with van der Waals surface area (Å²) in [4.78, 5) is 0. The first kappa shape index (κ1) is 16.7. The van der Waals surface area contributed by atoms with Crippen molar-refractivity contribution >= 4 is 15.9 Å². The monoisotopic (exact) mass is 331 g/mol. The summed E-state index contributed by atoms with van der Waals surface area (Å²) >= 11 is 3.62. The van der Waals surface area contributed by atoms with Crippen LogP contribution >= 0.6 is 15.9 Å². The molecule has 1 heterocycles. The Morgan fingerprint density at radius 3 is 2.37 bits per heavy atom. The fourth-order valence-corrected chi connectivity index (χ4v) is 3.12. The zero-order chi connectivity index (χ0) is 14.6. The molecular formula is C14H26BrN3O. The number of halogens is 1. The molecule has 110 valence electrons. The molecule has 1 atom stereocenters. The van der Waals surface area contributed by atoms with Gasteiger partial charge in [0, 0.05) is 26.1 Å². The molecule has 0 fully saturated rings. The van der Waals surface area contributed by atoms with Crippen LogP contribution in [0.25, 0.3) is 0 Å². The molecule has 1 rings (SSSR count). The quantitative estimate of drug-likeness (QED) is 0.835. The number of ether oxygens (including phenoxy) is 1. The van der Waals surface area contributed by atoms with Gasteiger partial charge in [0.15, 0.2) is 0 Å². The molecule has 1 aromatic heterocycles. The van der Waals surface area contributed by atoms with E-state index in [1.807, 2.05) is 11.6 Å². The van der Waals surface area contributed by atoms with Crippen LogP contribution in [0.1, 0.15) is 45.0 Å². The summed E-state index contributed by atoms with van der Waals surface area (Å²) in [6.45, 7) is 9.22. The van der Waals surface area contributed by atoms with E-state index in [0.717, 1.165) is 41.7 Å². The van der Waals surface area contributed by atoms with E-state index in [1.165, 1.54) is 0 Å². The van der Waals surface area contributed by atoms with Gasteiger partial charge in [-0.3, -0.25) is 4.68 Å². The second-order valence-electron chi connectivity index (χ2n) is 4.95. The SMILES string of the molecule is CCn1nc(C)c(Br)c1CC(N)C(CC)(CC)OC. The third kappa shape index (κ3) is 3.20. The average molecular weight is 332 g/mol. The van der Waals surface area contributed by atoms with Gasteiger partial charge in [-0.05, 0) is 42.6 Å². The molecule has 0 aliphatic heterocycles. The fraction of sp³-hybridized carbons (Fsp3) is 0.786. The van der Waals surface area contributed by atoms with Gasteiger partial charge in [0.05, 0.1) is 21.5 Å². The maximum atomic E-state index is 6.43. The van der Waals surface area contributed by atoms with E-state index in [0.29, 0.717) is 0 Å². The van der Waals surface area contributed by atoms with Crippen LogP contribution in [0.3, 0.4) is 0 Å². The van der Waals surface area contributed by atoms with Crippen LogP contribution in [0.2, 0.25) is 0 Å². The van der Waals surface area contributed by atoms with E-state index in [4.69, 9.17) is 10.5 Å². The Hall–Kier alpha value is -0.390. The summed E-state index contributed by atoms with van der Waals surface area (Å²) in [6.07, 6.45) is 2.60. The van der Waals surface area contributed by atoms with Gasteiger partial charge >= 0.3 is 0 Å². The molecule has 5 heteroatoms. The summed E-state index contributed by atoms with van der Waals surface area (Å²) in [5.74, 6) is 0. The summed E-state index contributed by atoms with van der Waals surface area (Å²) in [5, 5.41) is 4.51. The highest BCUT2D eigenvalue weighted by molar-refractivity contribution is 9.10. The zero-order valence-electron chi connectivity index (χ0n) is 12.7. The van der Waals surface area contributed by atoms with E-state index in [2.05, 4.69) is 41.8 Å². The Kier molecular flexibility index (Phi) is 6.02. The van der Waals surface area contributed by atoms with E-state index in [-0.39, 0.29) is 11.6 Å². The van der Waals surface area contributed by atoms with Crippen molar-refractivity contribution in [2.45, 2.75) is 65.1 Å². The van der Waals surface area contributed by atoms with Gasteiger partial charge in [0.1, 0.15) is 0 Å². The average Bonchev–Trinajstić information content (AvgIpc) is 2.69. The molecule has 0 radical (unpaired) electrons. The lowest BCUT2D eigenvalue weighted by Gasteiger charge is -2.36. The van der Waals surface area contributed by atoms with Gasteiger partial charge in [-0.2, -0.15) is 5.10 Å². The molecule has 0 aliphatic rings. The van der Waals surface area contributed by atoms with Crippen molar-refractivity contribution in [3.8, 4) is 0 Å². The number of nitrogens with zero attached hydrogens (tertiary/aromatic N) is 2. The van der Waals surface area contributed by atoms with Gasteiger partial charge in [0.2, 0.25) is 0 Å². The molecule has 4 nitrogen and oxygen atoms in total. The van der Waals surface area contributed by atoms with Gasteiger partial charge in [0.25, 0.3) is 0 Å².